The Morgan fingerprint density at radius 3 is 2.11 bits per heavy atom. The van der Waals surface area contributed by atoms with Crippen LogP contribution < -0.4 is 4.74 Å². The van der Waals surface area contributed by atoms with Crippen molar-refractivity contribution in [2.45, 2.75) is 57.6 Å². The van der Waals surface area contributed by atoms with Gasteiger partial charge in [-0.05, 0) is 17.7 Å². The van der Waals surface area contributed by atoms with E-state index in [0.717, 1.165) is 27.9 Å². The number of hydrogen-bond donors (Lipinski definition) is 0. The van der Waals surface area contributed by atoms with E-state index in [9.17, 15) is 24.0 Å². The number of benzene rings is 1. The molecule has 1 aromatic carbocycles. The van der Waals surface area contributed by atoms with Crippen LogP contribution in [-0.2, 0) is 47.6 Å². The molecule has 0 saturated carbocycles. The predicted octanol–water partition coefficient (Wildman–Crippen LogP) is 0.881. The van der Waals surface area contributed by atoms with Crippen LogP contribution in [0.15, 0.2) is 24.3 Å². The normalized spacial score (nSPS) is 27.5. The molecule has 0 aromatic heterocycles. The number of methoxy groups -OCH3 is 1. The molecule has 36 heavy (non-hydrogen) atoms. The van der Waals surface area contributed by atoms with E-state index in [1.165, 1.54) is 4.90 Å². The van der Waals surface area contributed by atoms with Gasteiger partial charge in [-0.1, -0.05) is 12.1 Å². The van der Waals surface area contributed by atoms with Gasteiger partial charge < -0.3 is 38.1 Å². The molecule has 2 fully saturated rings. The summed E-state index contributed by atoms with van der Waals surface area (Å²) in [5.41, 5.74) is 0.615. The van der Waals surface area contributed by atoms with E-state index < -0.39 is 66.8 Å². The smallest absolute Gasteiger partial charge is 0.410 e. The largest absolute Gasteiger partial charge is 0.467 e. The minimum atomic E-state index is -1.58. The minimum absolute atomic E-state index is 0.205. The quantitative estimate of drug-likeness (QED) is 0.379. The van der Waals surface area contributed by atoms with Gasteiger partial charge in [-0.2, -0.15) is 0 Å². The fourth-order valence-electron chi connectivity index (χ4n) is 3.84. The van der Waals surface area contributed by atoms with Crippen LogP contribution in [0.5, 0.6) is 5.75 Å². The molecule has 0 unspecified atom stereocenters. The highest BCUT2D eigenvalue weighted by Gasteiger charge is 2.55. The van der Waals surface area contributed by atoms with Crippen molar-refractivity contribution in [1.82, 2.24) is 4.90 Å². The second-order valence-corrected chi connectivity index (χ2v) is 8.11. The zero-order chi connectivity index (χ0) is 26.6. The lowest BCUT2D eigenvalue weighted by molar-refractivity contribution is -0.282. The van der Waals surface area contributed by atoms with Crippen molar-refractivity contribution in [2.24, 2.45) is 0 Å². The summed E-state index contributed by atoms with van der Waals surface area (Å²) in [5.74, 6) is -3.12. The molecule has 1 amide bonds. The van der Waals surface area contributed by atoms with Gasteiger partial charge in [-0.3, -0.25) is 14.4 Å². The molecular formula is C23H27NO12. The van der Waals surface area contributed by atoms with Crippen LogP contribution in [-0.4, -0.2) is 86.3 Å². The van der Waals surface area contributed by atoms with E-state index in [2.05, 4.69) is 0 Å². The average molecular weight is 509 g/mol. The summed E-state index contributed by atoms with van der Waals surface area (Å²) in [6.45, 7) is 3.61. The third kappa shape index (κ3) is 6.22. The Morgan fingerprint density at radius 2 is 1.56 bits per heavy atom. The van der Waals surface area contributed by atoms with Gasteiger partial charge in [0.15, 0.2) is 18.3 Å². The molecule has 0 spiro atoms. The molecule has 6 atom stereocenters. The van der Waals surface area contributed by atoms with Crippen molar-refractivity contribution in [3.8, 4) is 5.75 Å². The second-order valence-electron chi connectivity index (χ2n) is 8.11. The van der Waals surface area contributed by atoms with E-state index in [1.807, 2.05) is 0 Å². The number of carbonyl (C=O) groups excluding carboxylic acids is 5. The van der Waals surface area contributed by atoms with Crippen molar-refractivity contribution < 1.29 is 57.1 Å². The summed E-state index contributed by atoms with van der Waals surface area (Å²) >= 11 is 0. The monoisotopic (exact) mass is 509 g/mol. The minimum Gasteiger partial charge on any atom is -0.467 e. The van der Waals surface area contributed by atoms with Crippen LogP contribution in [0.2, 0.25) is 0 Å². The molecule has 1 aromatic rings. The lowest BCUT2D eigenvalue weighted by atomic mass is 9.97. The standard InChI is InChI=1S/C23H27NO12/c1-11(25)31-17-18(32-12(2)26)20(33-13(3)27)22(36-19(17)21(28)30-5)34-15-8-6-7-14(9-15)16-10-24(4)23(29)35-16/h6-9,16-20,22H,10H2,1-5H3/t16-,17-,18-,19-,20+,22+/m0/s1. The predicted molar refractivity (Wildman–Crippen MR) is 116 cm³/mol. The van der Waals surface area contributed by atoms with Crippen LogP contribution >= 0.6 is 0 Å². The molecule has 13 nitrogen and oxygen atoms in total. The first-order chi connectivity index (χ1) is 17.0. The highest BCUT2D eigenvalue weighted by atomic mass is 16.7. The van der Waals surface area contributed by atoms with Gasteiger partial charge in [-0.25, -0.2) is 9.59 Å². The van der Waals surface area contributed by atoms with Crippen LogP contribution in [0.3, 0.4) is 0 Å². The van der Waals surface area contributed by atoms with Crippen LogP contribution in [0.25, 0.3) is 0 Å². The van der Waals surface area contributed by atoms with Gasteiger partial charge >= 0.3 is 30.0 Å². The summed E-state index contributed by atoms with van der Waals surface area (Å²) in [7, 11) is 2.69. The molecule has 0 N–H and O–H groups in total. The molecule has 3 rings (SSSR count). The third-order valence-electron chi connectivity index (χ3n) is 5.31. The zero-order valence-electron chi connectivity index (χ0n) is 20.3. The number of ether oxygens (including phenoxy) is 7. The third-order valence-corrected chi connectivity index (χ3v) is 5.31. The highest BCUT2D eigenvalue weighted by molar-refractivity contribution is 5.77. The van der Waals surface area contributed by atoms with Gasteiger partial charge in [0.05, 0.1) is 13.7 Å². The molecule has 0 radical (unpaired) electrons. The Kier molecular flexibility index (Phi) is 8.35. The Balaban J connectivity index is 1.96. The van der Waals surface area contributed by atoms with Gasteiger partial charge in [0, 0.05) is 27.8 Å². The summed E-state index contributed by atoms with van der Waals surface area (Å²) in [4.78, 5) is 61.2. The fourth-order valence-corrected chi connectivity index (χ4v) is 3.84. The van der Waals surface area contributed by atoms with E-state index in [4.69, 9.17) is 33.2 Å². The van der Waals surface area contributed by atoms with Crippen molar-refractivity contribution in [2.75, 3.05) is 20.7 Å². The van der Waals surface area contributed by atoms with Crippen molar-refractivity contribution >= 4 is 30.0 Å². The maximum atomic E-state index is 12.5. The Bertz CT molecular complexity index is 1030. The van der Waals surface area contributed by atoms with E-state index in [1.54, 1.807) is 31.3 Å². The highest BCUT2D eigenvalue weighted by Crippen LogP contribution is 2.33. The summed E-state index contributed by atoms with van der Waals surface area (Å²) in [6.07, 6.45) is -8.48. The lowest BCUT2D eigenvalue weighted by Crippen LogP contribution is -2.64. The van der Waals surface area contributed by atoms with Crippen LogP contribution in [0.4, 0.5) is 4.79 Å². The first-order valence-electron chi connectivity index (χ1n) is 10.9. The van der Waals surface area contributed by atoms with E-state index >= 15 is 0 Å². The molecule has 2 aliphatic heterocycles. The molecule has 196 valence electrons. The molecule has 13 heteroatoms. The number of rotatable bonds is 7. The summed E-state index contributed by atoms with van der Waals surface area (Å²) in [6, 6.07) is 6.51. The van der Waals surface area contributed by atoms with Crippen molar-refractivity contribution in [3.63, 3.8) is 0 Å². The fraction of sp³-hybridized carbons (Fsp3) is 0.522. The molecule has 0 aliphatic carbocycles. The van der Waals surface area contributed by atoms with Crippen molar-refractivity contribution in [1.29, 1.82) is 0 Å². The first kappa shape index (κ1) is 26.7. The van der Waals surface area contributed by atoms with Crippen LogP contribution in [0.1, 0.15) is 32.4 Å². The number of likely N-dealkylation sites (N-methyl/N-ethyl adjacent to an activating group) is 1. The molecular weight excluding hydrogens is 482 g/mol. The topological polar surface area (TPSA) is 153 Å². The van der Waals surface area contributed by atoms with Gasteiger partial charge in [-0.15, -0.1) is 0 Å². The van der Waals surface area contributed by atoms with Gasteiger partial charge in [0.25, 0.3) is 0 Å². The number of amides is 1. The number of carbonyl (C=O) groups is 5. The lowest BCUT2D eigenvalue weighted by Gasteiger charge is -2.43. The molecule has 2 saturated heterocycles. The second kappa shape index (κ2) is 11.2. The maximum Gasteiger partial charge on any atom is 0.410 e. The van der Waals surface area contributed by atoms with Crippen LogP contribution in [0, 0.1) is 0 Å². The van der Waals surface area contributed by atoms with Gasteiger partial charge in [0.2, 0.25) is 12.4 Å². The SMILES string of the molecule is COC(=O)[C@H]1O[C@@H](Oc2cccc([C@@H]3CN(C)C(=O)O3)c2)[C@H](OC(C)=O)[C@@H](OC(C)=O)[C@@H]1OC(C)=O. The maximum absolute atomic E-state index is 12.5. The van der Waals surface area contributed by atoms with E-state index in [0.29, 0.717) is 12.1 Å². The summed E-state index contributed by atoms with van der Waals surface area (Å²) in [5, 5.41) is 0. The van der Waals surface area contributed by atoms with Gasteiger partial charge in [0.1, 0.15) is 11.9 Å². The first-order valence-corrected chi connectivity index (χ1v) is 10.9. The molecule has 0 bridgehead atoms. The zero-order valence-corrected chi connectivity index (χ0v) is 20.3. The number of nitrogens with zero attached hydrogens (tertiary/aromatic N) is 1. The van der Waals surface area contributed by atoms with Crippen molar-refractivity contribution in [3.05, 3.63) is 29.8 Å². The Hall–Kier alpha value is -3.87. The molecule has 2 aliphatic rings. The number of hydrogen-bond acceptors (Lipinski definition) is 12. The Labute approximate surface area is 206 Å². The number of cyclic esters (lactones) is 1. The number of esters is 4. The molecule has 2 heterocycles. The average Bonchev–Trinajstić information content (AvgIpc) is 3.14. The van der Waals surface area contributed by atoms with E-state index in [-0.39, 0.29) is 5.75 Å². The Morgan fingerprint density at radius 1 is 0.944 bits per heavy atom. The summed E-state index contributed by atoms with van der Waals surface area (Å²) < 4.78 is 37.6.